The third-order valence-corrected chi connectivity index (χ3v) is 6.73. The van der Waals surface area contributed by atoms with Crippen molar-refractivity contribution in [3.05, 3.63) is 23.3 Å². The van der Waals surface area contributed by atoms with Crippen LogP contribution in [0.4, 0.5) is 0 Å². The van der Waals surface area contributed by atoms with E-state index < -0.39 is 27.9 Å². The summed E-state index contributed by atoms with van der Waals surface area (Å²) in [4.78, 5) is 14.9. The maximum atomic E-state index is 12.7. The van der Waals surface area contributed by atoms with Gasteiger partial charge in [0, 0.05) is 41.3 Å². The average molecular weight is 394 g/mol. The number of piperidine rings is 1. The normalized spacial score (nSPS) is 35.9. The summed E-state index contributed by atoms with van der Waals surface area (Å²) in [6, 6.07) is 4.05. The molecule has 1 aromatic carbocycles. The summed E-state index contributed by atoms with van der Waals surface area (Å²) in [6.45, 7) is 0.871. The van der Waals surface area contributed by atoms with E-state index in [1.165, 1.54) is 5.56 Å². The summed E-state index contributed by atoms with van der Waals surface area (Å²) in [5.41, 5.74) is 0.737. The fraction of sp³-hybridized carbons (Fsp3) is 0.650. The van der Waals surface area contributed by atoms with Gasteiger partial charge in [-0.05, 0) is 44.5 Å². The number of ketones is 1. The molecule has 4 aliphatic rings. The van der Waals surface area contributed by atoms with Gasteiger partial charge in [-0.15, -0.1) is 0 Å². The Bertz CT molecular complexity index is 823. The molecule has 4 atom stereocenters. The molecule has 1 N–H and O–H groups in total. The van der Waals surface area contributed by atoms with Crippen LogP contribution in [0.1, 0.15) is 30.4 Å². The topological polar surface area (TPSA) is 76.1 Å². The van der Waals surface area contributed by atoms with Gasteiger partial charge >= 0.3 is 0 Å². The summed E-state index contributed by atoms with van der Waals surface area (Å²) < 4.78 is 21.2. The van der Waals surface area contributed by atoms with Crippen LogP contribution in [0.15, 0.2) is 12.1 Å². The lowest BCUT2D eigenvalue weighted by Gasteiger charge is -2.62. The van der Waals surface area contributed by atoms with Crippen LogP contribution >= 0.6 is 0 Å². The molecule has 1 aromatic rings. The van der Waals surface area contributed by atoms with E-state index in [0.717, 1.165) is 24.9 Å². The van der Waals surface area contributed by atoms with Crippen LogP contribution in [0.3, 0.4) is 0 Å². The maximum absolute atomic E-state index is 12.7. The molecule has 1 saturated carbocycles. The molecule has 2 fully saturated rings. The molecule has 6 nitrogen and oxygen atoms in total. The molecule has 0 unspecified atom stereocenters. The van der Waals surface area contributed by atoms with Crippen molar-refractivity contribution in [2.75, 3.05) is 33.2 Å². The molecule has 27 heavy (non-hydrogen) atoms. The molecule has 2 aliphatic heterocycles. The van der Waals surface area contributed by atoms with Gasteiger partial charge in [0.2, 0.25) is 0 Å². The first-order valence-corrected chi connectivity index (χ1v) is 11.3. The van der Waals surface area contributed by atoms with Crippen LogP contribution in [0.25, 0.3) is 0 Å². The predicted octanol–water partition coefficient (Wildman–Crippen LogP) is 1.04. The lowest BCUT2D eigenvalue weighted by atomic mass is 9.49. The molecular weight excluding hydrogens is 366 g/mol. The van der Waals surface area contributed by atoms with Gasteiger partial charge in [0.05, 0.1) is 18.1 Å². The summed E-state index contributed by atoms with van der Waals surface area (Å²) in [5, 5.41) is 11.7. The molecule has 2 aliphatic carbocycles. The SMILES string of the molecule is COc1ccc2c3c1O[C@H]1C(=O)CC[C@@]4(O)[C@@H](C2)N(C)CC[C@]314.CS(C)=O. The van der Waals surface area contributed by atoms with E-state index in [0.29, 0.717) is 24.3 Å². The van der Waals surface area contributed by atoms with Gasteiger partial charge in [0.25, 0.3) is 0 Å². The maximum Gasteiger partial charge on any atom is 0.174 e. The molecule has 7 heteroatoms. The van der Waals surface area contributed by atoms with E-state index in [1.54, 1.807) is 19.6 Å². The van der Waals surface area contributed by atoms with Crippen molar-refractivity contribution in [1.29, 1.82) is 0 Å². The number of likely N-dealkylation sites (tertiary alicyclic amines) is 1. The van der Waals surface area contributed by atoms with Crippen molar-refractivity contribution in [3.8, 4) is 11.5 Å². The Balaban J connectivity index is 0.000000413. The summed E-state index contributed by atoms with van der Waals surface area (Å²) in [6.07, 6.45) is 5.17. The van der Waals surface area contributed by atoms with E-state index in [9.17, 15) is 14.1 Å². The Morgan fingerprint density at radius 3 is 2.70 bits per heavy atom. The van der Waals surface area contributed by atoms with Crippen molar-refractivity contribution in [1.82, 2.24) is 4.90 Å². The third kappa shape index (κ3) is 2.37. The number of rotatable bonds is 1. The standard InChI is InChI=1S/C18H21NO4.C2H6OS/c1-19-8-7-17-14-10-3-4-12(22-2)15(14)23-16(17)11(20)5-6-18(17,21)13(19)9-10;1-4(2)3/h3-4,13,16,21H,5-9H2,1-2H3;1-2H3/t13-,16+,17+,18-;/m1./s1. The molecule has 1 spiro atoms. The second kappa shape index (κ2) is 6.29. The molecule has 148 valence electrons. The summed E-state index contributed by atoms with van der Waals surface area (Å²) in [7, 11) is 3.09. The Kier molecular flexibility index (Phi) is 4.40. The van der Waals surface area contributed by atoms with Crippen molar-refractivity contribution >= 4 is 16.6 Å². The fourth-order valence-electron chi connectivity index (χ4n) is 5.69. The van der Waals surface area contributed by atoms with E-state index in [1.807, 2.05) is 6.07 Å². The molecule has 5 rings (SSSR count). The van der Waals surface area contributed by atoms with Crippen molar-refractivity contribution in [2.45, 2.75) is 48.8 Å². The van der Waals surface area contributed by atoms with Gasteiger partial charge in [0.15, 0.2) is 23.4 Å². The molecule has 0 aromatic heterocycles. The summed E-state index contributed by atoms with van der Waals surface area (Å²) in [5.74, 6) is 1.47. The molecule has 0 amide bonds. The zero-order valence-electron chi connectivity index (χ0n) is 16.3. The number of hydrogen-bond donors (Lipinski definition) is 1. The van der Waals surface area contributed by atoms with Gasteiger partial charge in [-0.3, -0.25) is 9.00 Å². The highest BCUT2D eigenvalue weighted by Gasteiger charge is 2.72. The monoisotopic (exact) mass is 393 g/mol. The molecule has 1 saturated heterocycles. The zero-order chi connectivity index (χ0) is 19.6. The third-order valence-electron chi connectivity index (χ3n) is 6.73. The molecule has 2 heterocycles. The number of hydrogen-bond acceptors (Lipinski definition) is 6. The van der Waals surface area contributed by atoms with Crippen molar-refractivity contribution in [2.24, 2.45) is 0 Å². The van der Waals surface area contributed by atoms with Crippen LogP contribution in [-0.2, 0) is 27.4 Å². The fourth-order valence-corrected chi connectivity index (χ4v) is 5.69. The number of methoxy groups -OCH3 is 1. The minimum atomic E-state index is -0.900. The smallest absolute Gasteiger partial charge is 0.174 e. The highest BCUT2D eigenvalue weighted by Crippen LogP contribution is 2.64. The number of nitrogens with zero attached hydrogens (tertiary/aromatic N) is 1. The van der Waals surface area contributed by atoms with Gasteiger partial charge in [-0.2, -0.15) is 0 Å². The Morgan fingerprint density at radius 2 is 2.04 bits per heavy atom. The number of carbonyl (C=O) groups is 1. The van der Waals surface area contributed by atoms with Gasteiger partial charge in [-0.1, -0.05) is 6.07 Å². The zero-order valence-corrected chi connectivity index (χ0v) is 17.1. The predicted molar refractivity (Wildman–Crippen MR) is 103 cm³/mol. The second-order valence-corrected chi connectivity index (χ2v) is 9.67. The number of benzene rings is 1. The number of Topliss-reactive ketones (excluding diaryl/α,β-unsaturated/α-hetero) is 1. The van der Waals surface area contributed by atoms with E-state index in [4.69, 9.17) is 9.47 Å². The first-order chi connectivity index (χ1) is 12.8. The van der Waals surface area contributed by atoms with E-state index in [2.05, 4.69) is 18.0 Å². The quantitative estimate of drug-likeness (QED) is 0.769. The number of carbonyl (C=O) groups excluding carboxylic acids is 1. The van der Waals surface area contributed by atoms with Crippen LogP contribution in [-0.4, -0.2) is 71.0 Å². The summed E-state index contributed by atoms with van der Waals surface area (Å²) >= 11 is 0. The molecule has 0 radical (unpaired) electrons. The van der Waals surface area contributed by atoms with Gasteiger partial charge < -0.3 is 19.5 Å². The van der Waals surface area contributed by atoms with Crippen LogP contribution < -0.4 is 9.47 Å². The van der Waals surface area contributed by atoms with Crippen LogP contribution in [0.2, 0.25) is 0 Å². The second-order valence-electron chi connectivity index (χ2n) is 8.18. The number of likely N-dealkylation sites (N-methyl/N-ethyl adjacent to an activating group) is 1. The Labute approximate surface area is 162 Å². The lowest BCUT2D eigenvalue weighted by Crippen LogP contribution is -2.76. The highest BCUT2D eigenvalue weighted by molar-refractivity contribution is 7.83. The minimum absolute atomic E-state index is 0.0438. The minimum Gasteiger partial charge on any atom is -0.493 e. The molecular formula is C20H27NO5S. The first-order valence-electron chi connectivity index (χ1n) is 9.33. The molecule has 2 bridgehead atoms. The average Bonchev–Trinajstić information content (AvgIpc) is 2.96. The van der Waals surface area contributed by atoms with Gasteiger partial charge in [0.1, 0.15) is 0 Å². The largest absolute Gasteiger partial charge is 0.493 e. The van der Waals surface area contributed by atoms with E-state index >= 15 is 0 Å². The van der Waals surface area contributed by atoms with Gasteiger partial charge in [-0.25, -0.2) is 0 Å². The number of ether oxygens (including phenoxy) is 2. The highest BCUT2D eigenvalue weighted by atomic mass is 32.2. The van der Waals surface area contributed by atoms with Crippen molar-refractivity contribution in [3.63, 3.8) is 0 Å². The first kappa shape index (κ1) is 18.9. The van der Waals surface area contributed by atoms with Crippen LogP contribution in [0.5, 0.6) is 11.5 Å². The lowest BCUT2D eigenvalue weighted by molar-refractivity contribution is -0.185. The Morgan fingerprint density at radius 1 is 1.33 bits per heavy atom. The Hall–Kier alpha value is -1.44. The van der Waals surface area contributed by atoms with E-state index in [-0.39, 0.29) is 11.8 Å². The van der Waals surface area contributed by atoms with Crippen molar-refractivity contribution < 1.29 is 23.6 Å². The van der Waals surface area contributed by atoms with Crippen LogP contribution in [0, 0.1) is 0 Å². The number of aliphatic hydroxyl groups is 1.